The van der Waals surface area contributed by atoms with Gasteiger partial charge in [0, 0.05) is 0 Å². The first-order valence-electron chi connectivity index (χ1n) is 4.06. The average molecular weight is 148 g/mol. The highest BCUT2D eigenvalue weighted by molar-refractivity contribution is 6.46. The van der Waals surface area contributed by atoms with Gasteiger partial charge >= 0.3 is 7.48 Å². The third-order valence-electron chi connectivity index (χ3n) is 1.81. The van der Waals surface area contributed by atoms with Gasteiger partial charge in [-0.15, -0.1) is 0 Å². The molecule has 0 atom stereocenters. The van der Waals surface area contributed by atoms with Crippen molar-refractivity contribution in [1.82, 2.24) is 0 Å². The van der Waals surface area contributed by atoms with Crippen LogP contribution in [0.1, 0.15) is 18.9 Å². The summed E-state index contributed by atoms with van der Waals surface area (Å²) in [4.78, 5) is 0. The standard InChI is InChI=1S/C9H13BO/c1-2-5-8-6-3-4-7-9(8)10-11/h3-4,6-7,10-11H,2,5H2,1H3. The van der Waals surface area contributed by atoms with Crippen LogP contribution in [0.5, 0.6) is 0 Å². The Balaban J connectivity index is 2.83. The van der Waals surface area contributed by atoms with Gasteiger partial charge in [0.15, 0.2) is 0 Å². The van der Waals surface area contributed by atoms with Crippen LogP contribution in [-0.4, -0.2) is 12.5 Å². The van der Waals surface area contributed by atoms with Crippen LogP contribution in [-0.2, 0) is 6.42 Å². The summed E-state index contributed by atoms with van der Waals surface area (Å²) in [5.74, 6) is 0. The topological polar surface area (TPSA) is 20.2 Å². The van der Waals surface area contributed by atoms with Crippen molar-refractivity contribution in [2.24, 2.45) is 0 Å². The van der Waals surface area contributed by atoms with E-state index in [1.165, 1.54) is 5.56 Å². The second-order valence-corrected chi connectivity index (χ2v) is 2.68. The van der Waals surface area contributed by atoms with Crippen LogP contribution in [0.2, 0.25) is 0 Å². The second-order valence-electron chi connectivity index (χ2n) is 2.68. The van der Waals surface area contributed by atoms with E-state index < -0.39 is 0 Å². The van der Waals surface area contributed by atoms with Crippen molar-refractivity contribution >= 4 is 12.9 Å². The summed E-state index contributed by atoms with van der Waals surface area (Å²) in [7, 11) is 0.163. The van der Waals surface area contributed by atoms with E-state index in [9.17, 15) is 0 Å². The quantitative estimate of drug-likeness (QED) is 0.622. The Labute approximate surface area is 68.3 Å². The van der Waals surface area contributed by atoms with Gasteiger partial charge in [-0.05, 0) is 11.9 Å². The van der Waals surface area contributed by atoms with E-state index in [1.54, 1.807) is 0 Å². The maximum absolute atomic E-state index is 8.95. The minimum absolute atomic E-state index is 0.163. The molecule has 0 spiro atoms. The largest absolute Gasteiger partial charge is 0.449 e. The van der Waals surface area contributed by atoms with Gasteiger partial charge in [-0.3, -0.25) is 0 Å². The molecular formula is C9H13BO. The monoisotopic (exact) mass is 148 g/mol. The summed E-state index contributed by atoms with van der Waals surface area (Å²) >= 11 is 0. The minimum Gasteiger partial charge on any atom is -0.449 e. The summed E-state index contributed by atoms with van der Waals surface area (Å²) in [5.41, 5.74) is 2.34. The Morgan fingerprint density at radius 3 is 2.73 bits per heavy atom. The zero-order chi connectivity index (χ0) is 8.10. The van der Waals surface area contributed by atoms with Crippen LogP contribution in [0, 0.1) is 0 Å². The van der Waals surface area contributed by atoms with Crippen LogP contribution >= 0.6 is 0 Å². The van der Waals surface area contributed by atoms with Crippen molar-refractivity contribution in [2.75, 3.05) is 0 Å². The van der Waals surface area contributed by atoms with Crippen LogP contribution in [0.25, 0.3) is 0 Å². The number of benzene rings is 1. The first kappa shape index (κ1) is 8.34. The molecule has 2 heteroatoms. The molecule has 0 saturated carbocycles. The molecule has 1 nitrogen and oxygen atoms in total. The Morgan fingerprint density at radius 1 is 1.36 bits per heavy atom. The molecule has 0 aliphatic carbocycles. The highest BCUT2D eigenvalue weighted by atomic mass is 16.2. The molecule has 0 saturated heterocycles. The van der Waals surface area contributed by atoms with E-state index >= 15 is 0 Å². The minimum atomic E-state index is 0.163. The molecule has 0 fully saturated rings. The van der Waals surface area contributed by atoms with Crippen molar-refractivity contribution in [2.45, 2.75) is 19.8 Å². The van der Waals surface area contributed by atoms with E-state index in [-0.39, 0.29) is 7.48 Å². The molecule has 1 rings (SSSR count). The third kappa shape index (κ3) is 2.09. The number of hydrogen-bond acceptors (Lipinski definition) is 1. The zero-order valence-electron chi connectivity index (χ0n) is 6.88. The van der Waals surface area contributed by atoms with Crippen LogP contribution in [0.3, 0.4) is 0 Å². The molecule has 0 radical (unpaired) electrons. The maximum Gasteiger partial charge on any atom is 0.305 e. The third-order valence-corrected chi connectivity index (χ3v) is 1.81. The summed E-state index contributed by atoms with van der Waals surface area (Å²) < 4.78 is 0. The fourth-order valence-electron chi connectivity index (χ4n) is 1.22. The number of rotatable bonds is 3. The Kier molecular flexibility index (Phi) is 3.18. The maximum atomic E-state index is 8.95. The molecule has 0 bridgehead atoms. The van der Waals surface area contributed by atoms with E-state index in [0.717, 1.165) is 18.3 Å². The highest BCUT2D eigenvalue weighted by Crippen LogP contribution is 1.98. The summed E-state index contributed by atoms with van der Waals surface area (Å²) in [6.45, 7) is 2.15. The summed E-state index contributed by atoms with van der Waals surface area (Å²) in [6, 6.07) is 8.04. The smallest absolute Gasteiger partial charge is 0.305 e. The van der Waals surface area contributed by atoms with Gasteiger partial charge in [0.05, 0.1) is 0 Å². The average Bonchev–Trinajstić information content (AvgIpc) is 2.06. The Bertz CT molecular complexity index is 223. The van der Waals surface area contributed by atoms with Crippen molar-refractivity contribution in [1.29, 1.82) is 0 Å². The molecule has 0 heterocycles. The predicted octanol–water partition coefficient (Wildman–Crippen LogP) is 0.608. The van der Waals surface area contributed by atoms with Gasteiger partial charge in [-0.1, -0.05) is 43.2 Å². The molecule has 11 heavy (non-hydrogen) atoms. The molecule has 1 aromatic carbocycles. The van der Waals surface area contributed by atoms with Gasteiger partial charge < -0.3 is 5.02 Å². The van der Waals surface area contributed by atoms with Gasteiger partial charge in [0.1, 0.15) is 0 Å². The van der Waals surface area contributed by atoms with Crippen molar-refractivity contribution < 1.29 is 5.02 Å². The molecule has 0 aliphatic heterocycles. The number of hydrogen-bond donors (Lipinski definition) is 1. The van der Waals surface area contributed by atoms with E-state index in [1.807, 2.05) is 18.2 Å². The van der Waals surface area contributed by atoms with E-state index in [4.69, 9.17) is 5.02 Å². The lowest BCUT2D eigenvalue weighted by molar-refractivity contribution is 0.615. The normalized spacial score (nSPS) is 9.64. The van der Waals surface area contributed by atoms with Crippen LogP contribution < -0.4 is 5.46 Å². The van der Waals surface area contributed by atoms with E-state index in [0.29, 0.717) is 0 Å². The lowest BCUT2D eigenvalue weighted by atomic mass is 9.83. The van der Waals surface area contributed by atoms with Crippen LogP contribution in [0.4, 0.5) is 0 Å². The van der Waals surface area contributed by atoms with E-state index in [2.05, 4.69) is 13.0 Å². The molecule has 0 aromatic heterocycles. The second kappa shape index (κ2) is 4.19. The molecule has 1 N–H and O–H groups in total. The Morgan fingerprint density at radius 2 is 2.09 bits per heavy atom. The van der Waals surface area contributed by atoms with Crippen molar-refractivity contribution in [3.05, 3.63) is 29.8 Å². The SMILES string of the molecule is CCCc1ccccc1BO. The van der Waals surface area contributed by atoms with Gasteiger partial charge in [0.25, 0.3) is 0 Å². The van der Waals surface area contributed by atoms with Gasteiger partial charge in [0.2, 0.25) is 0 Å². The van der Waals surface area contributed by atoms with Crippen LogP contribution in [0.15, 0.2) is 24.3 Å². The predicted molar refractivity (Wildman–Crippen MR) is 49.4 cm³/mol. The molecular weight excluding hydrogens is 135 g/mol. The fraction of sp³-hybridized carbons (Fsp3) is 0.333. The molecule has 0 unspecified atom stereocenters. The Hall–Kier alpha value is -0.755. The van der Waals surface area contributed by atoms with Crippen molar-refractivity contribution in [3.8, 4) is 0 Å². The summed E-state index contributed by atoms with van der Waals surface area (Å²) in [5, 5.41) is 8.95. The first-order valence-corrected chi connectivity index (χ1v) is 4.06. The summed E-state index contributed by atoms with van der Waals surface area (Å²) in [6.07, 6.45) is 2.20. The van der Waals surface area contributed by atoms with Gasteiger partial charge in [-0.2, -0.15) is 0 Å². The number of aryl methyl sites for hydroxylation is 1. The highest BCUT2D eigenvalue weighted by Gasteiger charge is 1.98. The fourth-order valence-corrected chi connectivity index (χ4v) is 1.22. The molecule has 0 aliphatic rings. The molecule has 58 valence electrons. The lowest BCUT2D eigenvalue weighted by Crippen LogP contribution is -2.18. The molecule has 1 aromatic rings. The molecule has 0 amide bonds. The van der Waals surface area contributed by atoms with Crippen molar-refractivity contribution in [3.63, 3.8) is 0 Å². The lowest BCUT2D eigenvalue weighted by Gasteiger charge is -2.03. The van der Waals surface area contributed by atoms with Gasteiger partial charge in [-0.25, -0.2) is 0 Å². The first-order chi connectivity index (χ1) is 5.38. The zero-order valence-corrected chi connectivity index (χ0v) is 6.88.